The first-order valence-electron chi connectivity index (χ1n) is 5.82. The number of hydrogen-bond donors (Lipinski definition) is 0. The summed E-state index contributed by atoms with van der Waals surface area (Å²) >= 11 is 5.74. The Kier molecular flexibility index (Phi) is 3.57. The first kappa shape index (κ1) is 13.3. The van der Waals surface area contributed by atoms with Crippen molar-refractivity contribution in [1.82, 2.24) is 4.90 Å². The van der Waals surface area contributed by atoms with E-state index in [1.807, 2.05) is 0 Å². The maximum atomic E-state index is 13.9. The number of amides is 1. The van der Waals surface area contributed by atoms with E-state index in [1.54, 1.807) is 0 Å². The normalized spacial score (nSPS) is 24.1. The van der Waals surface area contributed by atoms with Crippen molar-refractivity contribution in [2.45, 2.75) is 25.4 Å². The summed E-state index contributed by atoms with van der Waals surface area (Å²) in [5, 5.41) is 0.291. The van der Waals surface area contributed by atoms with Crippen molar-refractivity contribution < 1.29 is 13.6 Å². The van der Waals surface area contributed by atoms with Gasteiger partial charge in [0.15, 0.2) is 0 Å². The Labute approximate surface area is 110 Å². The number of hydrogen-bond acceptors (Lipinski definition) is 1. The van der Waals surface area contributed by atoms with E-state index in [2.05, 4.69) is 0 Å². The maximum Gasteiger partial charge on any atom is 0.256 e. The number of nitrogens with zero attached hydrogens (tertiary/aromatic N) is 1. The minimum atomic E-state index is -1.40. The van der Waals surface area contributed by atoms with Crippen molar-refractivity contribution in [3.05, 3.63) is 34.6 Å². The largest absolute Gasteiger partial charge is 0.335 e. The molecule has 18 heavy (non-hydrogen) atoms. The van der Waals surface area contributed by atoms with Gasteiger partial charge in [0, 0.05) is 11.6 Å². The van der Waals surface area contributed by atoms with Gasteiger partial charge in [0.05, 0.1) is 12.1 Å². The monoisotopic (exact) mass is 273 g/mol. The van der Waals surface area contributed by atoms with Crippen LogP contribution in [0.5, 0.6) is 0 Å². The summed E-state index contributed by atoms with van der Waals surface area (Å²) in [4.78, 5) is 13.5. The molecule has 1 saturated heterocycles. The highest BCUT2D eigenvalue weighted by atomic mass is 35.5. The molecule has 1 atom stereocenters. The molecule has 1 heterocycles. The second-order valence-electron chi connectivity index (χ2n) is 4.87. The Morgan fingerprint density at radius 1 is 1.50 bits per heavy atom. The van der Waals surface area contributed by atoms with Crippen LogP contribution in [0.1, 0.15) is 30.1 Å². The summed E-state index contributed by atoms with van der Waals surface area (Å²) < 4.78 is 27.4. The van der Waals surface area contributed by atoms with Gasteiger partial charge in [-0.3, -0.25) is 4.79 Å². The Morgan fingerprint density at radius 2 is 2.22 bits per heavy atom. The molecule has 1 aromatic carbocycles. The lowest BCUT2D eigenvalue weighted by atomic mass is 9.96. The fourth-order valence-electron chi connectivity index (χ4n) is 2.20. The lowest BCUT2D eigenvalue weighted by molar-refractivity contribution is 0.0413. The van der Waals surface area contributed by atoms with Gasteiger partial charge in [-0.1, -0.05) is 11.6 Å². The first-order valence-corrected chi connectivity index (χ1v) is 6.20. The van der Waals surface area contributed by atoms with Gasteiger partial charge in [0.25, 0.3) is 5.91 Å². The summed E-state index contributed by atoms with van der Waals surface area (Å²) in [6, 6.07) is 3.81. The smallest absolute Gasteiger partial charge is 0.256 e. The zero-order chi connectivity index (χ0) is 13.3. The second-order valence-corrected chi connectivity index (χ2v) is 5.30. The van der Waals surface area contributed by atoms with Gasteiger partial charge < -0.3 is 4.90 Å². The first-order chi connectivity index (χ1) is 8.39. The van der Waals surface area contributed by atoms with Gasteiger partial charge in [-0.25, -0.2) is 8.78 Å². The standard InChI is InChI=1S/C13H14ClF2NO/c1-13(16)5-2-6-17(8-13)12(18)10-7-9(14)3-4-11(10)15/h3-4,7H,2,5-6,8H2,1H3. The lowest BCUT2D eigenvalue weighted by Gasteiger charge is -2.35. The Balaban J connectivity index is 2.23. The molecular formula is C13H14ClF2NO. The third-order valence-electron chi connectivity index (χ3n) is 3.09. The molecule has 2 nitrogen and oxygen atoms in total. The van der Waals surface area contributed by atoms with Crippen molar-refractivity contribution in [2.24, 2.45) is 0 Å². The van der Waals surface area contributed by atoms with Crippen LogP contribution in [0, 0.1) is 5.82 Å². The van der Waals surface area contributed by atoms with E-state index in [0.717, 1.165) is 6.07 Å². The van der Waals surface area contributed by atoms with Crippen LogP contribution in [0.3, 0.4) is 0 Å². The predicted octanol–water partition coefficient (Wildman–Crippen LogP) is 3.44. The quantitative estimate of drug-likeness (QED) is 0.767. The summed E-state index contributed by atoms with van der Waals surface area (Å²) in [7, 11) is 0. The molecule has 0 radical (unpaired) electrons. The van der Waals surface area contributed by atoms with Gasteiger partial charge in [-0.15, -0.1) is 0 Å². The Morgan fingerprint density at radius 3 is 2.89 bits per heavy atom. The van der Waals surface area contributed by atoms with Crippen LogP contribution < -0.4 is 0 Å². The average Bonchev–Trinajstić information content (AvgIpc) is 2.30. The molecule has 1 aliphatic rings. The number of carbonyl (C=O) groups excluding carboxylic acids is 1. The van der Waals surface area contributed by atoms with Gasteiger partial charge in [0.2, 0.25) is 0 Å². The number of carbonyl (C=O) groups is 1. The van der Waals surface area contributed by atoms with E-state index in [1.165, 1.54) is 24.0 Å². The molecular weight excluding hydrogens is 260 g/mol. The van der Waals surface area contributed by atoms with E-state index in [4.69, 9.17) is 11.6 Å². The molecule has 0 spiro atoms. The van der Waals surface area contributed by atoms with Crippen LogP contribution in [-0.4, -0.2) is 29.6 Å². The SMILES string of the molecule is CC1(F)CCCN(C(=O)c2cc(Cl)ccc2F)C1. The summed E-state index contributed by atoms with van der Waals surface area (Å²) in [6.07, 6.45) is 1.01. The topological polar surface area (TPSA) is 20.3 Å². The van der Waals surface area contributed by atoms with Crippen molar-refractivity contribution >= 4 is 17.5 Å². The van der Waals surface area contributed by atoms with Crippen LogP contribution in [0.2, 0.25) is 5.02 Å². The molecule has 1 aliphatic heterocycles. The van der Waals surface area contributed by atoms with Crippen LogP contribution in [0.4, 0.5) is 8.78 Å². The van der Waals surface area contributed by atoms with E-state index in [9.17, 15) is 13.6 Å². The number of rotatable bonds is 1. The van der Waals surface area contributed by atoms with E-state index >= 15 is 0 Å². The number of likely N-dealkylation sites (tertiary alicyclic amines) is 1. The maximum absolute atomic E-state index is 13.9. The minimum Gasteiger partial charge on any atom is -0.335 e. The zero-order valence-corrected chi connectivity index (χ0v) is 10.8. The molecule has 0 bridgehead atoms. The molecule has 0 N–H and O–H groups in total. The molecule has 1 aromatic rings. The molecule has 1 fully saturated rings. The highest BCUT2D eigenvalue weighted by Crippen LogP contribution is 2.26. The van der Waals surface area contributed by atoms with Crippen molar-refractivity contribution in [2.75, 3.05) is 13.1 Å². The zero-order valence-electron chi connectivity index (χ0n) is 10.0. The summed E-state index contributed by atoms with van der Waals surface area (Å²) in [5.74, 6) is -1.13. The van der Waals surface area contributed by atoms with Crippen LogP contribution >= 0.6 is 11.6 Å². The minimum absolute atomic E-state index is 0.00220. The van der Waals surface area contributed by atoms with Crippen molar-refractivity contribution in [1.29, 1.82) is 0 Å². The second kappa shape index (κ2) is 4.84. The predicted molar refractivity (Wildman–Crippen MR) is 66.1 cm³/mol. The van der Waals surface area contributed by atoms with Crippen LogP contribution in [-0.2, 0) is 0 Å². The molecule has 2 rings (SSSR count). The molecule has 1 unspecified atom stereocenters. The lowest BCUT2D eigenvalue weighted by Crippen LogP contribution is -2.46. The molecule has 5 heteroatoms. The van der Waals surface area contributed by atoms with Gasteiger partial charge in [0.1, 0.15) is 11.5 Å². The number of alkyl halides is 1. The van der Waals surface area contributed by atoms with E-state index < -0.39 is 17.4 Å². The highest BCUT2D eigenvalue weighted by molar-refractivity contribution is 6.31. The molecule has 0 saturated carbocycles. The summed E-state index contributed by atoms with van der Waals surface area (Å²) in [6.45, 7) is 1.91. The molecule has 0 aromatic heterocycles. The van der Waals surface area contributed by atoms with Crippen molar-refractivity contribution in [3.8, 4) is 0 Å². The molecule has 0 aliphatic carbocycles. The fourth-order valence-corrected chi connectivity index (χ4v) is 2.37. The van der Waals surface area contributed by atoms with E-state index in [0.29, 0.717) is 24.4 Å². The number of benzene rings is 1. The Bertz CT molecular complexity index is 476. The fraction of sp³-hybridized carbons (Fsp3) is 0.462. The van der Waals surface area contributed by atoms with Crippen molar-refractivity contribution in [3.63, 3.8) is 0 Å². The van der Waals surface area contributed by atoms with Gasteiger partial charge in [-0.2, -0.15) is 0 Å². The van der Waals surface area contributed by atoms with Gasteiger partial charge >= 0.3 is 0 Å². The highest BCUT2D eigenvalue weighted by Gasteiger charge is 2.33. The molecule has 1 amide bonds. The van der Waals surface area contributed by atoms with Crippen LogP contribution in [0.25, 0.3) is 0 Å². The third-order valence-corrected chi connectivity index (χ3v) is 3.33. The third kappa shape index (κ3) is 2.80. The van der Waals surface area contributed by atoms with Gasteiger partial charge in [-0.05, 0) is 38.0 Å². The van der Waals surface area contributed by atoms with Crippen LogP contribution in [0.15, 0.2) is 18.2 Å². The van der Waals surface area contributed by atoms with E-state index in [-0.39, 0.29) is 12.1 Å². The summed E-state index contributed by atoms with van der Waals surface area (Å²) in [5.41, 5.74) is -1.50. The Hall–Kier alpha value is -1.16. The number of piperidine rings is 1. The average molecular weight is 274 g/mol. The number of halogens is 3. The molecule has 98 valence electrons.